The van der Waals surface area contributed by atoms with Crippen LogP contribution in [0.2, 0.25) is 0 Å². The van der Waals surface area contributed by atoms with Crippen molar-refractivity contribution in [3.8, 4) is 0 Å². The van der Waals surface area contributed by atoms with Crippen LogP contribution in [-0.2, 0) is 0 Å². The highest BCUT2D eigenvalue weighted by molar-refractivity contribution is 5.82. The summed E-state index contributed by atoms with van der Waals surface area (Å²) in [4.78, 5) is 14.2. The molecule has 0 aliphatic carbocycles. The normalized spacial score (nSPS) is 11.7. The molecule has 0 spiro atoms. The molecular formula is C12H11FN2O. The Morgan fingerprint density at radius 3 is 2.50 bits per heavy atom. The number of benzene rings is 1. The number of carbonyl (C=O) groups is 1. The maximum Gasteiger partial charge on any atom is 0.156 e. The minimum Gasteiger partial charge on any atom is -0.402 e. The van der Waals surface area contributed by atoms with Gasteiger partial charge in [-0.15, -0.1) is 0 Å². The summed E-state index contributed by atoms with van der Waals surface area (Å²) in [6.45, 7) is 3.67. The van der Waals surface area contributed by atoms with Gasteiger partial charge in [-0.3, -0.25) is 9.79 Å². The number of halogens is 1. The van der Waals surface area contributed by atoms with Crippen LogP contribution < -0.4 is 5.73 Å². The van der Waals surface area contributed by atoms with E-state index >= 15 is 0 Å². The average molecular weight is 218 g/mol. The van der Waals surface area contributed by atoms with E-state index in [0.29, 0.717) is 16.8 Å². The third-order valence-electron chi connectivity index (χ3n) is 1.88. The van der Waals surface area contributed by atoms with E-state index in [0.717, 1.165) is 18.7 Å². The van der Waals surface area contributed by atoms with Gasteiger partial charge >= 0.3 is 0 Å². The lowest BCUT2D eigenvalue weighted by Gasteiger charge is -1.99. The molecule has 82 valence electrons. The minimum atomic E-state index is -0.634. The van der Waals surface area contributed by atoms with Crippen molar-refractivity contribution in [1.82, 2.24) is 0 Å². The predicted octanol–water partition coefficient (Wildman–Crippen LogP) is 2.31. The molecule has 0 atom stereocenters. The Bertz CT molecular complexity index is 447. The second kappa shape index (κ2) is 5.60. The van der Waals surface area contributed by atoms with Gasteiger partial charge in [0.1, 0.15) is 6.29 Å². The quantitative estimate of drug-likeness (QED) is 0.622. The molecule has 0 heterocycles. The maximum atomic E-state index is 12.6. The number of hydrogen-bond acceptors (Lipinski definition) is 3. The van der Waals surface area contributed by atoms with Crippen LogP contribution in [0.3, 0.4) is 0 Å². The van der Waals surface area contributed by atoms with E-state index in [2.05, 4.69) is 11.6 Å². The van der Waals surface area contributed by atoms with Crippen LogP contribution in [0.5, 0.6) is 0 Å². The van der Waals surface area contributed by atoms with Crippen LogP contribution in [-0.4, -0.2) is 12.5 Å². The van der Waals surface area contributed by atoms with Crippen molar-refractivity contribution < 1.29 is 9.18 Å². The first-order chi connectivity index (χ1) is 7.67. The Morgan fingerprint density at radius 2 is 2.00 bits per heavy atom. The van der Waals surface area contributed by atoms with Gasteiger partial charge in [-0.25, -0.2) is 4.39 Å². The Kier molecular flexibility index (Phi) is 4.15. The van der Waals surface area contributed by atoms with E-state index in [1.807, 2.05) is 0 Å². The molecule has 0 aromatic heterocycles. The number of hydrogen-bond donors (Lipinski definition) is 1. The number of carbonyl (C=O) groups excluding carboxylic acids is 1. The summed E-state index contributed by atoms with van der Waals surface area (Å²) in [6.07, 6.45) is 2.54. The summed E-state index contributed by atoms with van der Waals surface area (Å²) in [5.74, 6) is -0.634. The van der Waals surface area contributed by atoms with Gasteiger partial charge in [-0.05, 0) is 5.56 Å². The summed E-state index contributed by atoms with van der Waals surface area (Å²) < 4.78 is 12.6. The molecule has 0 saturated carbocycles. The van der Waals surface area contributed by atoms with Crippen molar-refractivity contribution in [2.45, 2.75) is 0 Å². The van der Waals surface area contributed by atoms with Gasteiger partial charge in [0.15, 0.2) is 5.83 Å². The van der Waals surface area contributed by atoms with Crippen molar-refractivity contribution >= 4 is 18.2 Å². The molecule has 0 fully saturated rings. The van der Waals surface area contributed by atoms with E-state index in [1.165, 1.54) is 0 Å². The summed E-state index contributed by atoms with van der Waals surface area (Å²) in [7, 11) is 0. The maximum absolute atomic E-state index is 12.6. The molecule has 3 nitrogen and oxygen atoms in total. The lowest BCUT2D eigenvalue weighted by Crippen LogP contribution is -1.86. The number of allylic oxidation sites excluding steroid dienone is 1. The van der Waals surface area contributed by atoms with E-state index < -0.39 is 5.83 Å². The Balaban J connectivity index is 2.81. The average Bonchev–Trinajstić information content (AvgIpc) is 2.35. The van der Waals surface area contributed by atoms with Crippen LogP contribution in [0, 0.1) is 0 Å². The molecule has 0 radical (unpaired) electrons. The Labute approximate surface area is 92.8 Å². The second-order valence-corrected chi connectivity index (χ2v) is 3.00. The number of rotatable bonds is 4. The first-order valence-electron chi connectivity index (χ1n) is 4.53. The molecule has 0 bridgehead atoms. The van der Waals surface area contributed by atoms with E-state index in [9.17, 15) is 9.18 Å². The molecule has 1 aromatic rings. The highest BCUT2D eigenvalue weighted by Gasteiger charge is 1.97. The molecule has 1 aromatic carbocycles. The SMILES string of the molecule is C=C(/N=C\C(F)=C/N)c1ccc(C=O)cc1. The fraction of sp³-hybridized carbons (Fsp3) is 0. The highest BCUT2D eigenvalue weighted by Crippen LogP contribution is 2.14. The van der Waals surface area contributed by atoms with Crippen molar-refractivity contribution in [1.29, 1.82) is 0 Å². The van der Waals surface area contributed by atoms with Gasteiger partial charge in [-0.1, -0.05) is 30.8 Å². The largest absolute Gasteiger partial charge is 0.402 e. The standard InChI is InChI=1S/C12H11FN2O/c1-9(15-7-12(13)6-14)11-4-2-10(8-16)3-5-11/h2-8H,1,14H2/b12-6+,15-7-. The van der Waals surface area contributed by atoms with Gasteiger partial charge in [0.05, 0.1) is 11.9 Å². The zero-order chi connectivity index (χ0) is 12.0. The number of aliphatic imine (C=N–C) groups is 1. The molecule has 0 saturated heterocycles. The van der Waals surface area contributed by atoms with Crippen molar-refractivity contribution in [2.24, 2.45) is 10.7 Å². The number of nitrogens with two attached hydrogens (primary N) is 1. The van der Waals surface area contributed by atoms with Gasteiger partial charge in [0, 0.05) is 11.8 Å². The van der Waals surface area contributed by atoms with Gasteiger partial charge in [0.2, 0.25) is 0 Å². The number of nitrogens with zero attached hydrogens (tertiary/aromatic N) is 1. The topological polar surface area (TPSA) is 55.4 Å². The summed E-state index contributed by atoms with van der Waals surface area (Å²) in [5.41, 5.74) is 6.61. The molecule has 2 N–H and O–H groups in total. The third-order valence-corrected chi connectivity index (χ3v) is 1.88. The molecule has 4 heteroatoms. The van der Waals surface area contributed by atoms with Crippen LogP contribution in [0.4, 0.5) is 4.39 Å². The molecule has 16 heavy (non-hydrogen) atoms. The third kappa shape index (κ3) is 3.16. The van der Waals surface area contributed by atoms with E-state index in [4.69, 9.17) is 5.73 Å². The van der Waals surface area contributed by atoms with Gasteiger partial charge in [0.25, 0.3) is 0 Å². The van der Waals surface area contributed by atoms with Gasteiger partial charge in [-0.2, -0.15) is 0 Å². The van der Waals surface area contributed by atoms with Crippen LogP contribution in [0.25, 0.3) is 5.70 Å². The lowest BCUT2D eigenvalue weighted by atomic mass is 10.1. The first kappa shape index (κ1) is 11.8. The molecule has 0 aliphatic rings. The lowest BCUT2D eigenvalue weighted by molar-refractivity contribution is 0.112. The molecule has 1 rings (SSSR count). The number of aldehydes is 1. The molecule has 0 aliphatic heterocycles. The first-order valence-corrected chi connectivity index (χ1v) is 4.53. The predicted molar refractivity (Wildman–Crippen MR) is 62.7 cm³/mol. The van der Waals surface area contributed by atoms with Gasteiger partial charge < -0.3 is 5.73 Å². The molecular weight excluding hydrogens is 207 g/mol. The zero-order valence-corrected chi connectivity index (χ0v) is 8.56. The minimum absolute atomic E-state index is 0.398. The molecule has 0 unspecified atom stereocenters. The zero-order valence-electron chi connectivity index (χ0n) is 8.56. The second-order valence-electron chi connectivity index (χ2n) is 3.00. The van der Waals surface area contributed by atoms with Crippen LogP contribution >= 0.6 is 0 Å². The van der Waals surface area contributed by atoms with Crippen molar-refractivity contribution in [3.05, 3.63) is 54.0 Å². The summed E-state index contributed by atoms with van der Waals surface area (Å²) >= 11 is 0. The van der Waals surface area contributed by atoms with Crippen LogP contribution in [0.15, 0.2) is 47.9 Å². The smallest absolute Gasteiger partial charge is 0.156 e. The molecule has 0 amide bonds. The van der Waals surface area contributed by atoms with Crippen LogP contribution in [0.1, 0.15) is 15.9 Å². The fourth-order valence-corrected chi connectivity index (χ4v) is 1.01. The van der Waals surface area contributed by atoms with Crippen molar-refractivity contribution in [3.63, 3.8) is 0 Å². The van der Waals surface area contributed by atoms with E-state index in [-0.39, 0.29) is 0 Å². The monoisotopic (exact) mass is 218 g/mol. The summed E-state index contributed by atoms with van der Waals surface area (Å²) in [6, 6.07) is 6.65. The highest BCUT2D eigenvalue weighted by atomic mass is 19.1. The van der Waals surface area contributed by atoms with Crippen molar-refractivity contribution in [2.75, 3.05) is 0 Å². The van der Waals surface area contributed by atoms with E-state index in [1.54, 1.807) is 24.3 Å². The Morgan fingerprint density at radius 1 is 1.38 bits per heavy atom. The summed E-state index contributed by atoms with van der Waals surface area (Å²) in [5, 5.41) is 0. The Hall–Kier alpha value is -2.23. The fourth-order valence-electron chi connectivity index (χ4n) is 1.01.